The maximum absolute atomic E-state index is 12.5. The first-order chi connectivity index (χ1) is 31.0. The van der Waals surface area contributed by atoms with Crippen molar-refractivity contribution in [3.63, 3.8) is 0 Å². The Morgan fingerprint density at radius 1 is 0.333 bits per heavy atom. The van der Waals surface area contributed by atoms with Crippen LogP contribution >= 0.6 is 0 Å². The van der Waals surface area contributed by atoms with Gasteiger partial charge in [0.25, 0.3) is 0 Å². The molecule has 0 radical (unpaired) electrons. The van der Waals surface area contributed by atoms with Gasteiger partial charge in [0.2, 0.25) is 0 Å². The standard InChI is InChI=1S/C57H102O6/c1-4-7-10-13-14-15-16-17-18-19-20-21-22-23-24-25-26-27-28-29-30-31-32-33-34-35-36-37-38-39-40-41-42-45-47-50-56(59)62-53-54(63-57(60)51-48-44-12-9-6-3)52-61-55(58)49-46-43-11-8-5-2/h7,10,14-15,17-18,20-21,54H,4-6,8-9,11-13,16,19,22-53H2,1-3H3/b10-7-,15-14-,18-17-,21-20-. The zero-order valence-electron chi connectivity index (χ0n) is 41.8. The summed E-state index contributed by atoms with van der Waals surface area (Å²) in [6.07, 6.45) is 63.7. The van der Waals surface area contributed by atoms with Crippen molar-refractivity contribution in [2.75, 3.05) is 13.2 Å². The van der Waals surface area contributed by atoms with Crippen molar-refractivity contribution in [2.24, 2.45) is 0 Å². The average molecular weight is 883 g/mol. The van der Waals surface area contributed by atoms with Crippen LogP contribution in [0.4, 0.5) is 0 Å². The summed E-state index contributed by atoms with van der Waals surface area (Å²) < 4.78 is 16.5. The van der Waals surface area contributed by atoms with Crippen molar-refractivity contribution >= 4 is 17.9 Å². The van der Waals surface area contributed by atoms with Gasteiger partial charge in [0, 0.05) is 19.3 Å². The molecular formula is C57H102O6. The van der Waals surface area contributed by atoms with Gasteiger partial charge in [-0.3, -0.25) is 14.4 Å². The molecule has 6 heteroatoms. The maximum Gasteiger partial charge on any atom is 0.306 e. The molecule has 0 bridgehead atoms. The Bertz CT molecular complexity index is 1110. The first-order valence-corrected chi connectivity index (χ1v) is 27.1. The monoisotopic (exact) mass is 883 g/mol. The van der Waals surface area contributed by atoms with Crippen LogP contribution in [0.5, 0.6) is 0 Å². The fourth-order valence-electron chi connectivity index (χ4n) is 7.79. The second-order valence-electron chi connectivity index (χ2n) is 18.1. The van der Waals surface area contributed by atoms with E-state index in [1.807, 2.05) is 0 Å². The molecular weight excluding hydrogens is 781 g/mol. The van der Waals surface area contributed by atoms with E-state index in [1.54, 1.807) is 0 Å². The highest BCUT2D eigenvalue weighted by atomic mass is 16.6. The Labute approximate surface area is 390 Å². The Morgan fingerprint density at radius 2 is 0.619 bits per heavy atom. The van der Waals surface area contributed by atoms with Crippen molar-refractivity contribution in [1.82, 2.24) is 0 Å². The second kappa shape index (κ2) is 52.0. The third kappa shape index (κ3) is 50.2. The van der Waals surface area contributed by atoms with E-state index in [0.717, 1.165) is 96.3 Å². The van der Waals surface area contributed by atoms with Gasteiger partial charge >= 0.3 is 17.9 Å². The van der Waals surface area contributed by atoms with E-state index in [-0.39, 0.29) is 31.1 Å². The molecule has 0 aliphatic rings. The molecule has 0 rings (SSSR count). The number of esters is 3. The number of allylic oxidation sites excluding steroid dienone is 8. The van der Waals surface area contributed by atoms with Crippen molar-refractivity contribution in [3.8, 4) is 0 Å². The fourth-order valence-corrected chi connectivity index (χ4v) is 7.79. The van der Waals surface area contributed by atoms with Crippen LogP contribution in [0.1, 0.15) is 278 Å². The Hall–Kier alpha value is -2.63. The van der Waals surface area contributed by atoms with Gasteiger partial charge in [0.15, 0.2) is 6.10 Å². The quantitative estimate of drug-likeness (QED) is 0.0262. The molecule has 366 valence electrons. The molecule has 0 spiro atoms. The zero-order chi connectivity index (χ0) is 45.8. The molecule has 0 amide bonds. The minimum atomic E-state index is -0.759. The summed E-state index contributed by atoms with van der Waals surface area (Å²) >= 11 is 0. The Balaban J connectivity index is 3.68. The van der Waals surface area contributed by atoms with Crippen molar-refractivity contribution in [1.29, 1.82) is 0 Å². The highest BCUT2D eigenvalue weighted by Gasteiger charge is 2.19. The van der Waals surface area contributed by atoms with Gasteiger partial charge in [-0.15, -0.1) is 0 Å². The number of carbonyl (C=O) groups is 3. The summed E-state index contributed by atoms with van der Waals surface area (Å²) in [5.74, 6) is -0.891. The van der Waals surface area contributed by atoms with E-state index >= 15 is 0 Å². The van der Waals surface area contributed by atoms with Gasteiger partial charge in [0.1, 0.15) is 13.2 Å². The number of hydrogen-bond acceptors (Lipinski definition) is 6. The number of hydrogen-bond donors (Lipinski definition) is 0. The zero-order valence-corrected chi connectivity index (χ0v) is 41.8. The number of ether oxygens (including phenoxy) is 3. The summed E-state index contributed by atoms with van der Waals surface area (Å²) in [6.45, 7) is 6.36. The molecule has 0 aromatic rings. The van der Waals surface area contributed by atoms with Crippen molar-refractivity contribution in [3.05, 3.63) is 48.6 Å². The van der Waals surface area contributed by atoms with Crippen LogP contribution in [0.3, 0.4) is 0 Å². The molecule has 63 heavy (non-hydrogen) atoms. The molecule has 0 saturated carbocycles. The summed E-state index contributed by atoms with van der Waals surface area (Å²) in [5.41, 5.74) is 0. The lowest BCUT2D eigenvalue weighted by atomic mass is 10.0. The summed E-state index contributed by atoms with van der Waals surface area (Å²) in [5, 5.41) is 0. The summed E-state index contributed by atoms with van der Waals surface area (Å²) in [6, 6.07) is 0. The highest BCUT2D eigenvalue weighted by Crippen LogP contribution is 2.17. The molecule has 0 saturated heterocycles. The third-order valence-corrected chi connectivity index (χ3v) is 11.8. The lowest BCUT2D eigenvalue weighted by molar-refractivity contribution is -0.167. The highest BCUT2D eigenvalue weighted by molar-refractivity contribution is 5.71. The predicted molar refractivity (Wildman–Crippen MR) is 270 cm³/mol. The molecule has 0 aromatic heterocycles. The average Bonchev–Trinajstić information content (AvgIpc) is 3.28. The molecule has 0 N–H and O–H groups in total. The number of carbonyl (C=O) groups excluding carboxylic acids is 3. The SMILES string of the molecule is CC/C=C\C/C=C\C/C=C\C/C=C\CCCCCCCCCCCCCCCCCCCCCCCCC(=O)OCC(COC(=O)CCCCCCC)OC(=O)CCCCCCC. The largest absolute Gasteiger partial charge is 0.462 e. The van der Waals surface area contributed by atoms with E-state index in [9.17, 15) is 14.4 Å². The van der Waals surface area contributed by atoms with E-state index in [1.165, 1.54) is 141 Å². The molecule has 0 aromatic carbocycles. The molecule has 6 nitrogen and oxygen atoms in total. The van der Waals surface area contributed by atoms with Crippen LogP contribution in [0.2, 0.25) is 0 Å². The summed E-state index contributed by atoms with van der Waals surface area (Å²) in [4.78, 5) is 37.2. The first-order valence-electron chi connectivity index (χ1n) is 27.1. The molecule has 1 unspecified atom stereocenters. The van der Waals surface area contributed by atoms with Crippen LogP contribution in [-0.4, -0.2) is 37.2 Å². The van der Waals surface area contributed by atoms with Gasteiger partial charge in [-0.2, -0.15) is 0 Å². The van der Waals surface area contributed by atoms with Crippen molar-refractivity contribution in [2.45, 2.75) is 284 Å². The lowest BCUT2D eigenvalue weighted by Crippen LogP contribution is -2.30. The molecule has 0 heterocycles. The van der Waals surface area contributed by atoms with Crippen LogP contribution in [0, 0.1) is 0 Å². The second-order valence-corrected chi connectivity index (χ2v) is 18.1. The minimum absolute atomic E-state index is 0.0694. The smallest absolute Gasteiger partial charge is 0.306 e. The topological polar surface area (TPSA) is 78.9 Å². The van der Waals surface area contributed by atoms with Crippen LogP contribution in [0.25, 0.3) is 0 Å². The maximum atomic E-state index is 12.5. The predicted octanol–water partition coefficient (Wildman–Crippen LogP) is 17.9. The minimum Gasteiger partial charge on any atom is -0.462 e. The number of unbranched alkanes of at least 4 members (excludes halogenated alkanes) is 30. The molecule has 0 fully saturated rings. The van der Waals surface area contributed by atoms with E-state index in [4.69, 9.17) is 14.2 Å². The van der Waals surface area contributed by atoms with Gasteiger partial charge in [0.05, 0.1) is 0 Å². The van der Waals surface area contributed by atoms with Crippen LogP contribution in [-0.2, 0) is 28.6 Å². The van der Waals surface area contributed by atoms with Crippen LogP contribution < -0.4 is 0 Å². The Morgan fingerprint density at radius 3 is 0.968 bits per heavy atom. The van der Waals surface area contributed by atoms with Gasteiger partial charge in [-0.25, -0.2) is 0 Å². The van der Waals surface area contributed by atoms with E-state index in [0.29, 0.717) is 19.3 Å². The molecule has 0 aliphatic heterocycles. The van der Waals surface area contributed by atoms with E-state index in [2.05, 4.69) is 69.4 Å². The first kappa shape index (κ1) is 60.4. The normalized spacial score (nSPS) is 12.4. The van der Waals surface area contributed by atoms with Gasteiger partial charge in [-0.1, -0.05) is 249 Å². The fraction of sp³-hybridized carbons (Fsp3) is 0.807. The Kier molecular flexibility index (Phi) is 49.8. The summed E-state index contributed by atoms with van der Waals surface area (Å²) in [7, 11) is 0. The van der Waals surface area contributed by atoms with Crippen molar-refractivity contribution < 1.29 is 28.6 Å². The molecule has 0 aliphatic carbocycles. The van der Waals surface area contributed by atoms with Gasteiger partial charge < -0.3 is 14.2 Å². The molecule has 1 atom stereocenters. The van der Waals surface area contributed by atoms with Crippen LogP contribution in [0.15, 0.2) is 48.6 Å². The number of rotatable bonds is 49. The van der Waals surface area contributed by atoms with Gasteiger partial charge in [-0.05, 0) is 57.8 Å². The van der Waals surface area contributed by atoms with E-state index < -0.39 is 6.10 Å². The lowest BCUT2D eigenvalue weighted by Gasteiger charge is -2.18. The third-order valence-electron chi connectivity index (χ3n) is 11.8.